The molecule has 0 saturated carbocycles. The van der Waals surface area contributed by atoms with E-state index >= 15 is 0 Å². The van der Waals surface area contributed by atoms with Crippen molar-refractivity contribution in [3.63, 3.8) is 0 Å². The topological polar surface area (TPSA) is 32.3 Å². The first-order valence-corrected chi connectivity index (χ1v) is 7.89. The van der Waals surface area contributed by atoms with Crippen LogP contribution in [0, 0.1) is 25.2 Å². The third-order valence-corrected chi connectivity index (χ3v) is 4.97. The zero-order valence-electron chi connectivity index (χ0n) is 14.0. The van der Waals surface area contributed by atoms with Gasteiger partial charge >= 0.3 is 0 Å². The monoisotopic (exact) mass is 288 g/mol. The molecule has 1 amide bonds. The number of benzene rings is 1. The fourth-order valence-corrected chi connectivity index (χ4v) is 3.36. The molecule has 1 unspecified atom stereocenters. The fourth-order valence-electron chi connectivity index (χ4n) is 3.36. The van der Waals surface area contributed by atoms with Crippen LogP contribution in [0.4, 0.5) is 0 Å². The third kappa shape index (κ3) is 3.13. The first-order chi connectivity index (χ1) is 9.86. The molecule has 1 aromatic carbocycles. The molecule has 1 aromatic rings. The van der Waals surface area contributed by atoms with E-state index in [0.717, 1.165) is 19.5 Å². The molecule has 1 saturated heterocycles. The zero-order chi connectivity index (χ0) is 15.6. The molecule has 3 heteroatoms. The maximum Gasteiger partial charge on any atom is 0.230 e. The van der Waals surface area contributed by atoms with E-state index in [4.69, 9.17) is 0 Å². The van der Waals surface area contributed by atoms with Crippen molar-refractivity contribution in [2.24, 2.45) is 11.3 Å². The summed E-state index contributed by atoms with van der Waals surface area (Å²) < 4.78 is 0. The summed E-state index contributed by atoms with van der Waals surface area (Å²) in [4.78, 5) is 14.9. The molecule has 1 N–H and O–H groups in total. The number of carbonyl (C=O) groups excluding carboxylic acids is 1. The molecule has 1 atom stereocenters. The molecule has 2 rings (SSSR count). The predicted molar refractivity (Wildman–Crippen MR) is 87.1 cm³/mol. The van der Waals surface area contributed by atoms with Crippen LogP contribution in [0.15, 0.2) is 18.2 Å². The molecule has 0 bridgehead atoms. The molecule has 0 spiro atoms. The van der Waals surface area contributed by atoms with Crippen LogP contribution < -0.4 is 5.32 Å². The van der Waals surface area contributed by atoms with Crippen molar-refractivity contribution < 1.29 is 4.79 Å². The van der Waals surface area contributed by atoms with Crippen molar-refractivity contribution in [2.75, 3.05) is 20.1 Å². The van der Waals surface area contributed by atoms with Crippen molar-refractivity contribution in [3.05, 3.63) is 34.9 Å². The number of carbonyl (C=O) groups is 1. The Morgan fingerprint density at radius 3 is 2.62 bits per heavy atom. The van der Waals surface area contributed by atoms with Crippen LogP contribution in [0.5, 0.6) is 0 Å². The molecule has 1 heterocycles. The first-order valence-electron chi connectivity index (χ1n) is 7.89. The van der Waals surface area contributed by atoms with Gasteiger partial charge in [-0.2, -0.15) is 0 Å². The SMILES string of the molecule is Cc1ccc(CN(C)C(=O)C2(C(C)C)CCNC2)c(C)c1. The Kier molecular flexibility index (Phi) is 4.72. The van der Waals surface area contributed by atoms with Crippen LogP contribution >= 0.6 is 0 Å². The van der Waals surface area contributed by atoms with E-state index < -0.39 is 0 Å². The summed E-state index contributed by atoms with van der Waals surface area (Å²) in [5, 5.41) is 3.37. The van der Waals surface area contributed by atoms with E-state index in [9.17, 15) is 4.79 Å². The highest BCUT2D eigenvalue weighted by molar-refractivity contribution is 5.83. The Labute approximate surface area is 128 Å². The van der Waals surface area contributed by atoms with Gasteiger partial charge in [-0.15, -0.1) is 0 Å². The van der Waals surface area contributed by atoms with Crippen LogP contribution in [-0.2, 0) is 11.3 Å². The Morgan fingerprint density at radius 2 is 2.10 bits per heavy atom. The van der Waals surface area contributed by atoms with Crippen molar-refractivity contribution in [1.82, 2.24) is 10.2 Å². The van der Waals surface area contributed by atoms with Gasteiger partial charge in [0.25, 0.3) is 0 Å². The van der Waals surface area contributed by atoms with E-state index in [1.807, 2.05) is 11.9 Å². The van der Waals surface area contributed by atoms with Gasteiger partial charge in [-0.25, -0.2) is 0 Å². The second-order valence-electron chi connectivity index (χ2n) is 6.83. The van der Waals surface area contributed by atoms with Gasteiger partial charge in [0.05, 0.1) is 5.41 Å². The lowest BCUT2D eigenvalue weighted by Gasteiger charge is -2.35. The summed E-state index contributed by atoms with van der Waals surface area (Å²) in [5.74, 6) is 0.643. The second kappa shape index (κ2) is 6.18. The normalized spacial score (nSPS) is 21.8. The summed E-state index contributed by atoms with van der Waals surface area (Å²) in [7, 11) is 1.93. The van der Waals surface area contributed by atoms with Crippen LogP contribution in [-0.4, -0.2) is 30.9 Å². The Morgan fingerprint density at radius 1 is 1.38 bits per heavy atom. The summed E-state index contributed by atoms with van der Waals surface area (Å²) in [5.41, 5.74) is 3.54. The minimum absolute atomic E-state index is 0.229. The molecule has 1 aliphatic rings. The molecular formula is C18H28N2O. The highest BCUT2D eigenvalue weighted by Gasteiger charge is 2.45. The molecule has 0 radical (unpaired) electrons. The molecule has 0 aliphatic carbocycles. The molecule has 1 fully saturated rings. The van der Waals surface area contributed by atoms with Crippen molar-refractivity contribution in [3.8, 4) is 0 Å². The van der Waals surface area contributed by atoms with Gasteiger partial charge < -0.3 is 10.2 Å². The first kappa shape index (κ1) is 16.0. The second-order valence-corrected chi connectivity index (χ2v) is 6.83. The standard InChI is InChI=1S/C18H28N2O/c1-13(2)18(8-9-19-12-18)17(21)20(5)11-16-7-6-14(3)10-15(16)4/h6-7,10,13,19H,8-9,11-12H2,1-5H3. The van der Waals surface area contributed by atoms with Gasteiger partial charge in [0.1, 0.15) is 0 Å². The quantitative estimate of drug-likeness (QED) is 0.924. The fraction of sp³-hybridized carbons (Fsp3) is 0.611. The van der Waals surface area contributed by atoms with E-state index in [1.165, 1.54) is 16.7 Å². The van der Waals surface area contributed by atoms with Crippen molar-refractivity contribution in [2.45, 2.75) is 40.7 Å². The van der Waals surface area contributed by atoms with Gasteiger partial charge in [0.2, 0.25) is 5.91 Å². The summed E-state index contributed by atoms with van der Waals surface area (Å²) in [6.07, 6.45) is 0.945. The van der Waals surface area contributed by atoms with Gasteiger partial charge in [-0.05, 0) is 43.9 Å². The number of nitrogens with zero attached hydrogens (tertiary/aromatic N) is 1. The van der Waals surface area contributed by atoms with Gasteiger partial charge in [-0.1, -0.05) is 37.6 Å². The minimum Gasteiger partial charge on any atom is -0.341 e. The number of amides is 1. The number of nitrogens with one attached hydrogen (secondary N) is 1. The van der Waals surface area contributed by atoms with E-state index in [0.29, 0.717) is 12.5 Å². The maximum absolute atomic E-state index is 13.0. The summed E-state index contributed by atoms with van der Waals surface area (Å²) >= 11 is 0. The number of rotatable bonds is 4. The predicted octanol–water partition coefficient (Wildman–Crippen LogP) is 2.90. The smallest absolute Gasteiger partial charge is 0.230 e. The Bertz CT molecular complexity index is 516. The maximum atomic E-state index is 13.0. The van der Waals surface area contributed by atoms with Gasteiger partial charge in [0.15, 0.2) is 0 Å². The van der Waals surface area contributed by atoms with Crippen LogP contribution in [0.1, 0.15) is 37.0 Å². The Hall–Kier alpha value is -1.35. The third-order valence-electron chi connectivity index (χ3n) is 4.97. The molecule has 0 aromatic heterocycles. The van der Waals surface area contributed by atoms with E-state index in [2.05, 4.69) is 51.2 Å². The molecule has 21 heavy (non-hydrogen) atoms. The van der Waals surface area contributed by atoms with Crippen LogP contribution in [0.2, 0.25) is 0 Å². The largest absolute Gasteiger partial charge is 0.341 e. The lowest BCUT2D eigenvalue weighted by molar-refractivity contribution is -0.142. The molecule has 116 valence electrons. The zero-order valence-corrected chi connectivity index (χ0v) is 14.0. The summed E-state index contributed by atoms with van der Waals surface area (Å²) in [6.45, 7) is 11.0. The number of aryl methyl sites for hydroxylation is 2. The molecule has 3 nitrogen and oxygen atoms in total. The average molecular weight is 288 g/mol. The van der Waals surface area contributed by atoms with Crippen LogP contribution in [0.3, 0.4) is 0 Å². The van der Waals surface area contributed by atoms with E-state index in [-0.39, 0.29) is 11.3 Å². The highest BCUT2D eigenvalue weighted by Crippen LogP contribution is 2.36. The minimum atomic E-state index is -0.229. The lowest BCUT2D eigenvalue weighted by atomic mass is 9.75. The summed E-state index contributed by atoms with van der Waals surface area (Å²) in [6, 6.07) is 6.45. The van der Waals surface area contributed by atoms with E-state index in [1.54, 1.807) is 0 Å². The van der Waals surface area contributed by atoms with Crippen LogP contribution in [0.25, 0.3) is 0 Å². The average Bonchev–Trinajstić information content (AvgIpc) is 2.91. The van der Waals surface area contributed by atoms with Crippen molar-refractivity contribution in [1.29, 1.82) is 0 Å². The molecular weight excluding hydrogens is 260 g/mol. The number of hydrogen-bond donors (Lipinski definition) is 1. The highest BCUT2D eigenvalue weighted by atomic mass is 16.2. The van der Waals surface area contributed by atoms with Gasteiger partial charge in [-0.3, -0.25) is 4.79 Å². The van der Waals surface area contributed by atoms with Gasteiger partial charge in [0, 0.05) is 20.1 Å². The Balaban J connectivity index is 2.15. The van der Waals surface area contributed by atoms with Crippen molar-refractivity contribution >= 4 is 5.91 Å². The lowest BCUT2D eigenvalue weighted by Crippen LogP contribution is -2.46. The number of hydrogen-bond acceptors (Lipinski definition) is 2. The molecule has 1 aliphatic heterocycles.